The number of hydrogen-bond donors (Lipinski definition) is 2. The molecule has 94 valence electrons. The third-order valence-electron chi connectivity index (χ3n) is 2.63. The molecule has 0 radical (unpaired) electrons. The van der Waals surface area contributed by atoms with E-state index in [1.54, 1.807) is 4.90 Å². The molecule has 0 fully saturated rings. The highest BCUT2D eigenvalue weighted by molar-refractivity contribution is 5.73. The summed E-state index contributed by atoms with van der Waals surface area (Å²) in [6.45, 7) is 4.09. The molecule has 1 aromatic carbocycles. The molecule has 4 heteroatoms. The van der Waals surface area contributed by atoms with Gasteiger partial charge >= 0.3 is 5.97 Å². The summed E-state index contributed by atoms with van der Waals surface area (Å²) in [6.07, 6.45) is 0.109. The highest BCUT2D eigenvalue weighted by atomic mass is 16.4. The van der Waals surface area contributed by atoms with Gasteiger partial charge in [0.2, 0.25) is 0 Å². The Morgan fingerprint density at radius 1 is 1.35 bits per heavy atom. The normalized spacial score (nSPS) is 12.2. The lowest BCUT2D eigenvalue weighted by Gasteiger charge is -2.25. The number of aliphatic hydroxyl groups is 1. The molecule has 1 atom stereocenters. The van der Waals surface area contributed by atoms with Gasteiger partial charge in [0.05, 0.1) is 6.10 Å². The van der Waals surface area contributed by atoms with Gasteiger partial charge in [-0.2, -0.15) is 0 Å². The number of nitrogens with zero attached hydrogens (tertiary/aromatic N) is 1. The van der Waals surface area contributed by atoms with E-state index < -0.39 is 12.1 Å². The standard InChI is InChI=1S/C13H19NO3/c1-3-12(15)8-14(9-13(16)17)11-6-4-10(2)5-7-11/h4-7,12,15H,3,8-9H2,1-2H3,(H,16,17). The van der Waals surface area contributed by atoms with E-state index in [1.165, 1.54) is 0 Å². The predicted octanol–water partition coefficient (Wildman–Crippen LogP) is 1.66. The van der Waals surface area contributed by atoms with Crippen LogP contribution in [0.2, 0.25) is 0 Å². The quantitative estimate of drug-likeness (QED) is 0.790. The number of aliphatic carboxylic acids is 1. The van der Waals surface area contributed by atoms with Crippen molar-refractivity contribution < 1.29 is 15.0 Å². The van der Waals surface area contributed by atoms with Gasteiger partial charge in [-0.3, -0.25) is 4.79 Å². The maximum Gasteiger partial charge on any atom is 0.323 e. The fraction of sp³-hybridized carbons (Fsp3) is 0.462. The predicted molar refractivity (Wildman–Crippen MR) is 67.3 cm³/mol. The smallest absolute Gasteiger partial charge is 0.323 e. The van der Waals surface area contributed by atoms with Crippen LogP contribution in [0.5, 0.6) is 0 Å². The van der Waals surface area contributed by atoms with Gasteiger partial charge < -0.3 is 15.1 Å². The van der Waals surface area contributed by atoms with Crippen LogP contribution in [-0.4, -0.2) is 35.4 Å². The minimum atomic E-state index is -0.895. The van der Waals surface area contributed by atoms with Gasteiger partial charge in [0.1, 0.15) is 6.54 Å². The van der Waals surface area contributed by atoms with Crippen LogP contribution in [0.1, 0.15) is 18.9 Å². The summed E-state index contributed by atoms with van der Waals surface area (Å²) in [5.74, 6) is -0.895. The largest absolute Gasteiger partial charge is 0.480 e. The van der Waals surface area contributed by atoms with Crippen LogP contribution in [0.4, 0.5) is 5.69 Å². The van der Waals surface area contributed by atoms with Crippen LogP contribution >= 0.6 is 0 Å². The van der Waals surface area contributed by atoms with Crippen molar-refractivity contribution in [1.29, 1.82) is 0 Å². The second kappa shape index (κ2) is 6.25. The van der Waals surface area contributed by atoms with E-state index in [1.807, 2.05) is 38.1 Å². The van der Waals surface area contributed by atoms with Crippen LogP contribution in [0.3, 0.4) is 0 Å². The van der Waals surface area contributed by atoms with Gasteiger partial charge in [0.25, 0.3) is 0 Å². The number of hydrogen-bond acceptors (Lipinski definition) is 3. The molecule has 0 aliphatic heterocycles. The molecule has 0 spiro atoms. The lowest BCUT2D eigenvalue weighted by atomic mass is 10.2. The first-order valence-corrected chi connectivity index (χ1v) is 5.74. The topological polar surface area (TPSA) is 60.8 Å². The molecule has 0 bridgehead atoms. The van der Waals surface area contributed by atoms with Crippen molar-refractivity contribution in [2.24, 2.45) is 0 Å². The number of carboxylic acid groups (broad SMARTS) is 1. The summed E-state index contributed by atoms with van der Waals surface area (Å²) in [5, 5.41) is 18.5. The third kappa shape index (κ3) is 4.44. The Bertz CT molecular complexity index is 361. The van der Waals surface area contributed by atoms with Crippen molar-refractivity contribution in [2.75, 3.05) is 18.0 Å². The monoisotopic (exact) mass is 237 g/mol. The average Bonchev–Trinajstić information content (AvgIpc) is 2.28. The Hall–Kier alpha value is -1.55. The zero-order valence-corrected chi connectivity index (χ0v) is 10.3. The molecule has 0 aliphatic carbocycles. The Labute approximate surface area is 101 Å². The van der Waals surface area contributed by atoms with E-state index in [0.717, 1.165) is 11.3 Å². The molecule has 0 saturated carbocycles. The lowest BCUT2D eigenvalue weighted by Crippen LogP contribution is -2.36. The number of carbonyl (C=O) groups is 1. The molecule has 2 N–H and O–H groups in total. The van der Waals surface area contributed by atoms with Crippen LogP contribution in [0, 0.1) is 6.92 Å². The van der Waals surface area contributed by atoms with Crippen LogP contribution in [0.15, 0.2) is 24.3 Å². The molecule has 4 nitrogen and oxygen atoms in total. The Morgan fingerprint density at radius 3 is 2.41 bits per heavy atom. The molecule has 1 rings (SSSR count). The zero-order valence-electron chi connectivity index (χ0n) is 10.3. The molecule has 1 unspecified atom stereocenters. The zero-order chi connectivity index (χ0) is 12.8. The SMILES string of the molecule is CCC(O)CN(CC(=O)O)c1ccc(C)cc1. The van der Waals surface area contributed by atoms with Crippen molar-refractivity contribution in [3.63, 3.8) is 0 Å². The summed E-state index contributed by atoms with van der Waals surface area (Å²) >= 11 is 0. The molecule has 0 aliphatic rings. The first-order chi connectivity index (χ1) is 8.02. The summed E-state index contributed by atoms with van der Waals surface area (Å²) in [6, 6.07) is 7.62. The Kier molecular flexibility index (Phi) is 4.97. The maximum atomic E-state index is 10.8. The average molecular weight is 237 g/mol. The maximum absolute atomic E-state index is 10.8. The van der Waals surface area contributed by atoms with Crippen molar-refractivity contribution >= 4 is 11.7 Å². The molecule has 0 amide bonds. The fourth-order valence-electron chi connectivity index (χ4n) is 1.56. The highest BCUT2D eigenvalue weighted by Gasteiger charge is 2.14. The number of aryl methyl sites for hydroxylation is 1. The van der Waals surface area contributed by atoms with Gasteiger partial charge in [-0.15, -0.1) is 0 Å². The Balaban J connectivity index is 2.81. The van der Waals surface area contributed by atoms with Crippen molar-refractivity contribution in [3.05, 3.63) is 29.8 Å². The molecule has 0 saturated heterocycles. The van der Waals surface area contributed by atoms with E-state index in [-0.39, 0.29) is 6.54 Å². The molecular weight excluding hydrogens is 218 g/mol. The number of carboxylic acids is 1. The first-order valence-electron chi connectivity index (χ1n) is 5.74. The van der Waals surface area contributed by atoms with E-state index in [4.69, 9.17) is 5.11 Å². The van der Waals surface area contributed by atoms with Gasteiger partial charge in [0, 0.05) is 12.2 Å². The summed E-state index contributed by atoms with van der Waals surface area (Å²) < 4.78 is 0. The molecule has 0 heterocycles. The van der Waals surface area contributed by atoms with E-state index in [0.29, 0.717) is 13.0 Å². The molecule has 17 heavy (non-hydrogen) atoms. The van der Waals surface area contributed by atoms with E-state index in [9.17, 15) is 9.90 Å². The van der Waals surface area contributed by atoms with Crippen molar-refractivity contribution in [1.82, 2.24) is 0 Å². The number of anilines is 1. The van der Waals surface area contributed by atoms with E-state index in [2.05, 4.69) is 0 Å². The summed E-state index contributed by atoms with van der Waals surface area (Å²) in [5.41, 5.74) is 1.95. The Morgan fingerprint density at radius 2 is 1.94 bits per heavy atom. The van der Waals surface area contributed by atoms with Crippen molar-refractivity contribution in [3.8, 4) is 0 Å². The first kappa shape index (κ1) is 13.5. The fourth-order valence-corrected chi connectivity index (χ4v) is 1.56. The molecule has 1 aromatic rings. The summed E-state index contributed by atoms with van der Waals surface area (Å²) in [4.78, 5) is 12.5. The number of benzene rings is 1. The van der Waals surface area contributed by atoms with Crippen LogP contribution in [0.25, 0.3) is 0 Å². The second-order valence-electron chi connectivity index (χ2n) is 4.17. The third-order valence-corrected chi connectivity index (χ3v) is 2.63. The molecule has 0 aromatic heterocycles. The van der Waals surface area contributed by atoms with Crippen LogP contribution < -0.4 is 4.90 Å². The summed E-state index contributed by atoms with van der Waals surface area (Å²) in [7, 11) is 0. The van der Waals surface area contributed by atoms with E-state index >= 15 is 0 Å². The second-order valence-corrected chi connectivity index (χ2v) is 4.17. The van der Waals surface area contributed by atoms with Crippen molar-refractivity contribution in [2.45, 2.75) is 26.4 Å². The van der Waals surface area contributed by atoms with Crippen LogP contribution in [-0.2, 0) is 4.79 Å². The molecular formula is C13H19NO3. The lowest BCUT2D eigenvalue weighted by molar-refractivity contribution is -0.135. The number of rotatable bonds is 6. The van der Waals surface area contributed by atoms with Gasteiger partial charge in [-0.1, -0.05) is 24.6 Å². The minimum Gasteiger partial charge on any atom is -0.480 e. The minimum absolute atomic E-state index is 0.0971. The van der Waals surface area contributed by atoms with Gasteiger partial charge in [-0.25, -0.2) is 0 Å². The highest BCUT2D eigenvalue weighted by Crippen LogP contribution is 2.15. The van der Waals surface area contributed by atoms with Gasteiger partial charge in [-0.05, 0) is 25.5 Å². The number of aliphatic hydroxyl groups excluding tert-OH is 1. The van der Waals surface area contributed by atoms with Gasteiger partial charge in [0.15, 0.2) is 0 Å².